The predicted octanol–water partition coefficient (Wildman–Crippen LogP) is 2.83. The fourth-order valence-corrected chi connectivity index (χ4v) is 2.42. The summed E-state index contributed by atoms with van der Waals surface area (Å²) in [6.45, 7) is 2.88. The number of aromatic nitrogens is 1. The lowest BCUT2D eigenvalue weighted by molar-refractivity contribution is -0.115. The van der Waals surface area contributed by atoms with E-state index in [2.05, 4.69) is 15.6 Å². The molecule has 1 heterocycles. The minimum Gasteiger partial charge on any atom is -0.325 e. The van der Waals surface area contributed by atoms with Crippen LogP contribution in [0.4, 0.5) is 5.69 Å². The average Bonchev–Trinajstić information content (AvgIpc) is 2.78. The lowest BCUT2D eigenvalue weighted by atomic mass is 10.3. The van der Waals surface area contributed by atoms with Gasteiger partial charge < -0.3 is 10.6 Å². The third-order valence-corrected chi connectivity index (χ3v) is 3.55. The molecular weight excluding hydrogens is 282 g/mol. The summed E-state index contributed by atoms with van der Waals surface area (Å²) in [5.74, 6) is -0.0800. The summed E-state index contributed by atoms with van der Waals surface area (Å²) in [5, 5.41) is 7.55. The normalized spacial score (nSPS) is 10.4. The maximum absolute atomic E-state index is 11.7. The van der Waals surface area contributed by atoms with Gasteiger partial charge in [0, 0.05) is 28.3 Å². The van der Waals surface area contributed by atoms with E-state index in [9.17, 15) is 4.79 Å². The van der Waals surface area contributed by atoms with E-state index in [-0.39, 0.29) is 12.5 Å². The summed E-state index contributed by atoms with van der Waals surface area (Å²) in [4.78, 5) is 17.0. The second kappa shape index (κ2) is 6.65. The Labute approximate surface area is 120 Å². The van der Waals surface area contributed by atoms with Crippen LogP contribution in [0.3, 0.4) is 0 Å². The zero-order valence-electron chi connectivity index (χ0n) is 10.4. The van der Waals surface area contributed by atoms with Gasteiger partial charge in [0.05, 0.1) is 11.6 Å². The summed E-state index contributed by atoms with van der Waals surface area (Å²) in [5.41, 5.74) is 0.741. The fourth-order valence-electron chi connectivity index (χ4n) is 1.52. The van der Waals surface area contributed by atoms with E-state index in [4.69, 9.17) is 11.6 Å². The fraction of sp³-hybridized carbons (Fsp3) is 0.231. The first kappa shape index (κ1) is 14.0. The molecule has 0 aliphatic heterocycles. The number of halogens is 1. The molecule has 1 aromatic heterocycles. The molecule has 19 heavy (non-hydrogen) atoms. The highest BCUT2D eigenvalue weighted by Gasteiger charge is 2.03. The van der Waals surface area contributed by atoms with Crippen molar-refractivity contribution in [3.05, 3.63) is 45.4 Å². The number of hydrogen-bond acceptors (Lipinski definition) is 4. The van der Waals surface area contributed by atoms with Crippen LogP contribution in [0.1, 0.15) is 9.88 Å². The zero-order chi connectivity index (χ0) is 13.7. The van der Waals surface area contributed by atoms with Gasteiger partial charge in [0.2, 0.25) is 5.91 Å². The molecule has 0 aliphatic rings. The summed E-state index contributed by atoms with van der Waals surface area (Å²) >= 11 is 7.40. The molecule has 0 atom stereocenters. The summed E-state index contributed by atoms with van der Waals surface area (Å²) in [6, 6.07) is 7.02. The van der Waals surface area contributed by atoms with E-state index >= 15 is 0 Å². The van der Waals surface area contributed by atoms with E-state index in [0.29, 0.717) is 11.6 Å². The zero-order valence-corrected chi connectivity index (χ0v) is 12.0. The minimum absolute atomic E-state index is 0.0800. The Morgan fingerprint density at radius 3 is 2.74 bits per heavy atom. The van der Waals surface area contributed by atoms with E-state index in [0.717, 1.165) is 15.6 Å². The van der Waals surface area contributed by atoms with Crippen LogP contribution in [0, 0.1) is 6.92 Å². The Morgan fingerprint density at radius 2 is 2.11 bits per heavy atom. The predicted molar refractivity (Wildman–Crippen MR) is 78.6 cm³/mol. The molecule has 2 rings (SSSR count). The molecule has 0 unspecified atom stereocenters. The summed E-state index contributed by atoms with van der Waals surface area (Å²) in [6.07, 6.45) is 1.82. The van der Waals surface area contributed by atoms with Crippen LogP contribution >= 0.6 is 22.9 Å². The Morgan fingerprint density at radius 1 is 1.37 bits per heavy atom. The van der Waals surface area contributed by atoms with Crippen molar-refractivity contribution >= 4 is 34.5 Å². The molecule has 4 nitrogen and oxygen atoms in total. The number of carbonyl (C=O) groups is 1. The van der Waals surface area contributed by atoms with Crippen LogP contribution < -0.4 is 10.6 Å². The van der Waals surface area contributed by atoms with Gasteiger partial charge in [-0.15, -0.1) is 11.3 Å². The van der Waals surface area contributed by atoms with Gasteiger partial charge >= 0.3 is 0 Å². The van der Waals surface area contributed by atoms with Crippen molar-refractivity contribution in [1.82, 2.24) is 10.3 Å². The second-order valence-corrected chi connectivity index (χ2v) is 5.76. The summed E-state index contributed by atoms with van der Waals surface area (Å²) in [7, 11) is 0. The van der Waals surface area contributed by atoms with Crippen molar-refractivity contribution in [2.75, 3.05) is 11.9 Å². The van der Waals surface area contributed by atoms with Crippen molar-refractivity contribution in [2.45, 2.75) is 13.5 Å². The second-order valence-electron chi connectivity index (χ2n) is 4.00. The number of anilines is 1. The molecule has 1 amide bonds. The van der Waals surface area contributed by atoms with Crippen molar-refractivity contribution < 1.29 is 4.79 Å². The molecular formula is C13H14ClN3OS. The number of carbonyl (C=O) groups excluding carboxylic acids is 1. The van der Waals surface area contributed by atoms with Gasteiger partial charge in [-0.25, -0.2) is 4.98 Å². The van der Waals surface area contributed by atoms with E-state index in [1.807, 2.05) is 13.1 Å². The maximum Gasteiger partial charge on any atom is 0.238 e. The molecule has 0 radical (unpaired) electrons. The van der Waals surface area contributed by atoms with Crippen molar-refractivity contribution in [2.24, 2.45) is 0 Å². The Hall–Kier alpha value is -1.43. The van der Waals surface area contributed by atoms with Gasteiger partial charge in [0.25, 0.3) is 0 Å². The molecule has 0 spiro atoms. The lowest BCUT2D eigenvalue weighted by Gasteiger charge is -2.05. The highest BCUT2D eigenvalue weighted by molar-refractivity contribution is 7.11. The number of nitrogens with zero attached hydrogens (tertiary/aromatic N) is 1. The third kappa shape index (κ3) is 4.63. The summed E-state index contributed by atoms with van der Waals surface area (Å²) < 4.78 is 0. The molecule has 1 aromatic carbocycles. The van der Waals surface area contributed by atoms with Gasteiger partial charge in [-0.05, 0) is 31.2 Å². The molecule has 0 fully saturated rings. The average molecular weight is 296 g/mol. The lowest BCUT2D eigenvalue weighted by Crippen LogP contribution is -2.27. The largest absolute Gasteiger partial charge is 0.325 e. The van der Waals surface area contributed by atoms with Crippen molar-refractivity contribution in [3.8, 4) is 0 Å². The van der Waals surface area contributed by atoms with Gasteiger partial charge in [-0.2, -0.15) is 0 Å². The Balaban J connectivity index is 1.74. The Kier molecular flexibility index (Phi) is 4.90. The minimum atomic E-state index is -0.0800. The molecule has 0 saturated heterocycles. The highest BCUT2D eigenvalue weighted by atomic mass is 35.5. The third-order valence-electron chi connectivity index (χ3n) is 2.38. The van der Waals surface area contributed by atoms with Crippen molar-refractivity contribution in [1.29, 1.82) is 0 Å². The van der Waals surface area contributed by atoms with Crippen LogP contribution in [0.15, 0.2) is 30.5 Å². The topological polar surface area (TPSA) is 54.0 Å². The van der Waals surface area contributed by atoms with Crippen molar-refractivity contribution in [3.63, 3.8) is 0 Å². The maximum atomic E-state index is 11.7. The standard InChI is InChI=1S/C13H14ClN3OS/c1-9-16-7-12(19-9)6-15-8-13(18)17-11-4-2-10(14)3-5-11/h2-5,7,15H,6,8H2,1H3,(H,17,18). The number of rotatable bonds is 5. The molecule has 100 valence electrons. The first-order chi connectivity index (χ1) is 9.13. The van der Waals surface area contributed by atoms with Crippen LogP contribution in [0.2, 0.25) is 5.02 Å². The molecule has 6 heteroatoms. The van der Waals surface area contributed by atoms with Gasteiger partial charge in [0.1, 0.15) is 0 Å². The number of amides is 1. The van der Waals surface area contributed by atoms with Crippen LogP contribution in [0.5, 0.6) is 0 Å². The van der Waals surface area contributed by atoms with E-state index in [1.165, 1.54) is 0 Å². The van der Waals surface area contributed by atoms with Crippen LogP contribution in [-0.4, -0.2) is 17.4 Å². The quantitative estimate of drug-likeness (QED) is 0.892. The number of benzene rings is 1. The molecule has 0 aliphatic carbocycles. The molecule has 0 saturated carbocycles. The first-order valence-electron chi connectivity index (χ1n) is 5.81. The molecule has 2 aromatic rings. The molecule has 2 N–H and O–H groups in total. The monoisotopic (exact) mass is 295 g/mol. The number of aryl methyl sites for hydroxylation is 1. The SMILES string of the molecule is Cc1ncc(CNCC(=O)Nc2ccc(Cl)cc2)s1. The van der Waals surface area contributed by atoms with Crippen LogP contribution in [0.25, 0.3) is 0 Å². The van der Waals surface area contributed by atoms with Gasteiger partial charge in [-0.3, -0.25) is 4.79 Å². The highest BCUT2D eigenvalue weighted by Crippen LogP contribution is 2.13. The first-order valence-corrected chi connectivity index (χ1v) is 7.00. The number of hydrogen-bond donors (Lipinski definition) is 2. The number of nitrogens with one attached hydrogen (secondary N) is 2. The van der Waals surface area contributed by atoms with E-state index < -0.39 is 0 Å². The van der Waals surface area contributed by atoms with Gasteiger partial charge in [0.15, 0.2) is 0 Å². The smallest absolute Gasteiger partial charge is 0.238 e. The Bertz CT molecular complexity index is 553. The van der Waals surface area contributed by atoms with Gasteiger partial charge in [-0.1, -0.05) is 11.6 Å². The number of thiazole rings is 1. The molecule has 0 bridgehead atoms. The van der Waals surface area contributed by atoms with Crippen LogP contribution in [-0.2, 0) is 11.3 Å². The van der Waals surface area contributed by atoms with E-state index in [1.54, 1.807) is 35.6 Å².